The monoisotopic (exact) mass is 255 g/mol. The molecular formula is C9H13N5S2. The molecule has 2 aromatic rings. The first kappa shape index (κ1) is 11.4. The first-order valence-corrected chi connectivity index (χ1v) is 6.59. The SMILES string of the molecule is CNc1nnc(CN(C)Cc2cscn2)s1. The molecule has 1 N–H and O–H groups in total. The van der Waals surface area contributed by atoms with Crippen LogP contribution in [-0.4, -0.2) is 34.2 Å². The zero-order valence-electron chi connectivity index (χ0n) is 9.17. The highest BCUT2D eigenvalue weighted by Gasteiger charge is 2.07. The number of nitrogens with one attached hydrogen (secondary N) is 1. The van der Waals surface area contributed by atoms with E-state index in [2.05, 4.69) is 37.8 Å². The van der Waals surface area contributed by atoms with Crippen molar-refractivity contribution in [3.05, 3.63) is 21.6 Å². The molecule has 2 aromatic heterocycles. The van der Waals surface area contributed by atoms with Gasteiger partial charge in [-0.05, 0) is 7.05 Å². The van der Waals surface area contributed by atoms with E-state index < -0.39 is 0 Å². The molecule has 16 heavy (non-hydrogen) atoms. The summed E-state index contributed by atoms with van der Waals surface area (Å²) in [6, 6.07) is 0. The van der Waals surface area contributed by atoms with Crippen LogP contribution in [0.3, 0.4) is 0 Å². The van der Waals surface area contributed by atoms with E-state index in [9.17, 15) is 0 Å². The van der Waals surface area contributed by atoms with Gasteiger partial charge in [-0.3, -0.25) is 4.90 Å². The average Bonchev–Trinajstić information content (AvgIpc) is 2.89. The average molecular weight is 255 g/mol. The summed E-state index contributed by atoms with van der Waals surface area (Å²) in [7, 11) is 3.91. The number of rotatable bonds is 5. The maximum Gasteiger partial charge on any atom is 0.205 e. The number of hydrogen-bond donors (Lipinski definition) is 1. The van der Waals surface area contributed by atoms with Gasteiger partial charge < -0.3 is 5.32 Å². The van der Waals surface area contributed by atoms with E-state index in [0.717, 1.165) is 28.9 Å². The van der Waals surface area contributed by atoms with Crippen molar-refractivity contribution in [1.82, 2.24) is 20.1 Å². The molecule has 0 aliphatic carbocycles. The van der Waals surface area contributed by atoms with Gasteiger partial charge in [-0.2, -0.15) is 0 Å². The highest BCUT2D eigenvalue weighted by atomic mass is 32.1. The molecular weight excluding hydrogens is 242 g/mol. The third kappa shape index (κ3) is 2.97. The Balaban J connectivity index is 1.89. The number of aromatic nitrogens is 3. The van der Waals surface area contributed by atoms with Crippen LogP contribution in [0.1, 0.15) is 10.7 Å². The Hall–Kier alpha value is -1.05. The second-order valence-corrected chi connectivity index (χ2v) is 5.18. The fourth-order valence-electron chi connectivity index (χ4n) is 1.30. The van der Waals surface area contributed by atoms with Gasteiger partial charge in [0.25, 0.3) is 0 Å². The van der Waals surface area contributed by atoms with Gasteiger partial charge in [-0.15, -0.1) is 21.5 Å². The number of nitrogens with zero attached hydrogens (tertiary/aromatic N) is 4. The van der Waals surface area contributed by atoms with Crippen molar-refractivity contribution < 1.29 is 0 Å². The second-order valence-electron chi connectivity index (χ2n) is 3.40. The zero-order valence-corrected chi connectivity index (χ0v) is 10.8. The van der Waals surface area contributed by atoms with E-state index in [1.807, 2.05) is 12.6 Å². The van der Waals surface area contributed by atoms with Crippen molar-refractivity contribution in [3.63, 3.8) is 0 Å². The van der Waals surface area contributed by atoms with Crippen molar-refractivity contribution in [2.75, 3.05) is 19.4 Å². The Kier molecular flexibility index (Phi) is 3.81. The molecule has 0 aliphatic rings. The number of thiazole rings is 1. The molecule has 0 amide bonds. The summed E-state index contributed by atoms with van der Waals surface area (Å²) in [5.41, 5.74) is 2.96. The van der Waals surface area contributed by atoms with Gasteiger partial charge in [-0.25, -0.2) is 4.98 Å². The first-order chi connectivity index (χ1) is 7.78. The molecule has 0 unspecified atom stereocenters. The lowest BCUT2D eigenvalue weighted by molar-refractivity contribution is 0.314. The van der Waals surface area contributed by atoms with Crippen molar-refractivity contribution in [1.29, 1.82) is 0 Å². The quantitative estimate of drug-likeness (QED) is 0.880. The van der Waals surface area contributed by atoms with Gasteiger partial charge in [0.15, 0.2) is 0 Å². The van der Waals surface area contributed by atoms with Gasteiger partial charge in [0.1, 0.15) is 5.01 Å². The summed E-state index contributed by atoms with van der Waals surface area (Å²) >= 11 is 3.20. The summed E-state index contributed by atoms with van der Waals surface area (Å²) in [6.45, 7) is 1.65. The lowest BCUT2D eigenvalue weighted by Gasteiger charge is -2.12. The van der Waals surface area contributed by atoms with Crippen LogP contribution in [0.15, 0.2) is 10.9 Å². The summed E-state index contributed by atoms with van der Waals surface area (Å²) < 4.78 is 0. The highest BCUT2D eigenvalue weighted by molar-refractivity contribution is 7.15. The third-order valence-electron chi connectivity index (χ3n) is 2.00. The molecule has 2 rings (SSSR count). The number of hydrogen-bond acceptors (Lipinski definition) is 7. The minimum atomic E-state index is 0.802. The Morgan fingerprint density at radius 3 is 2.88 bits per heavy atom. The lowest BCUT2D eigenvalue weighted by Crippen LogP contribution is -2.17. The molecule has 0 saturated carbocycles. The Morgan fingerprint density at radius 2 is 2.25 bits per heavy atom. The summed E-state index contributed by atoms with van der Waals surface area (Å²) in [5, 5.41) is 15.0. The lowest BCUT2D eigenvalue weighted by atomic mass is 10.4. The maximum atomic E-state index is 4.25. The molecule has 0 spiro atoms. The first-order valence-electron chi connectivity index (χ1n) is 4.83. The minimum Gasteiger partial charge on any atom is -0.363 e. The van der Waals surface area contributed by atoms with Crippen molar-refractivity contribution >= 4 is 27.8 Å². The predicted molar refractivity (Wildman–Crippen MR) is 66.7 cm³/mol. The zero-order chi connectivity index (χ0) is 11.4. The molecule has 0 radical (unpaired) electrons. The van der Waals surface area contributed by atoms with E-state index in [0.29, 0.717) is 0 Å². The molecule has 0 saturated heterocycles. The Labute approximate surface area is 102 Å². The molecule has 0 atom stereocenters. The molecule has 0 bridgehead atoms. The van der Waals surface area contributed by atoms with Gasteiger partial charge in [-0.1, -0.05) is 11.3 Å². The van der Waals surface area contributed by atoms with E-state index in [-0.39, 0.29) is 0 Å². The van der Waals surface area contributed by atoms with Crippen LogP contribution in [0.5, 0.6) is 0 Å². The van der Waals surface area contributed by atoms with Gasteiger partial charge in [0.2, 0.25) is 5.13 Å². The molecule has 0 aromatic carbocycles. The van der Waals surface area contributed by atoms with Crippen molar-refractivity contribution in [2.45, 2.75) is 13.1 Å². The Morgan fingerprint density at radius 1 is 1.38 bits per heavy atom. The van der Waals surface area contributed by atoms with E-state index in [4.69, 9.17) is 0 Å². The fraction of sp³-hybridized carbons (Fsp3) is 0.444. The molecule has 0 aliphatic heterocycles. The molecule has 0 fully saturated rings. The Bertz CT molecular complexity index is 425. The largest absolute Gasteiger partial charge is 0.363 e. The van der Waals surface area contributed by atoms with Crippen molar-refractivity contribution in [3.8, 4) is 0 Å². The third-order valence-corrected chi connectivity index (χ3v) is 3.56. The highest BCUT2D eigenvalue weighted by Crippen LogP contribution is 2.16. The predicted octanol–water partition coefficient (Wildman–Crippen LogP) is 1.67. The van der Waals surface area contributed by atoms with Crippen LogP contribution in [0.2, 0.25) is 0 Å². The summed E-state index contributed by atoms with van der Waals surface area (Å²) in [5.74, 6) is 0. The molecule has 7 heteroatoms. The van der Waals surface area contributed by atoms with Crippen LogP contribution in [0.25, 0.3) is 0 Å². The van der Waals surface area contributed by atoms with Crippen LogP contribution < -0.4 is 5.32 Å². The summed E-state index contributed by atoms with van der Waals surface area (Å²) in [6.07, 6.45) is 0. The van der Waals surface area contributed by atoms with E-state index in [1.54, 1.807) is 22.7 Å². The molecule has 5 nitrogen and oxygen atoms in total. The van der Waals surface area contributed by atoms with Crippen LogP contribution >= 0.6 is 22.7 Å². The van der Waals surface area contributed by atoms with Gasteiger partial charge in [0.05, 0.1) is 17.7 Å². The van der Waals surface area contributed by atoms with Crippen molar-refractivity contribution in [2.24, 2.45) is 0 Å². The van der Waals surface area contributed by atoms with E-state index >= 15 is 0 Å². The van der Waals surface area contributed by atoms with Gasteiger partial charge >= 0.3 is 0 Å². The summed E-state index contributed by atoms with van der Waals surface area (Å²) in [4.78, 5) is 6.43. The maximum absolute atomic E-state index is 4.25. The molecule has 86 valence electrons. The normalized spacial score (nSPS) is 10.9. The van der Waals surface area contributed by atoms with Crippen LogP contribution in [0, 0.1) is 0 Å². The fourth-order valence-corrected chi connectivity index (χ4v) is 2.62. The van der Waals surface area contributed by atoms with Gasteiger partial charge in [0, 0.05) is 19.0 Å². The van der Waals surface area contributed by atoms with Crippen LogP contribution in [0.4, 0.5) is 5.13 Å². The topological polar surface area (TPSA) is 53.9 Å². The van der Waals surface area contributed by atoms with Crippen LogP contribution in [-0.2, 0) is 13.1 Å². The minimum absolute atomic E-state index is 0.802. The van der Waals surface area contributed by atoms with E-state index in [1.165, 1.54) is 0 Å². The smallest absolute Gasteiger partial charge is 0.205 e. The second kappa shape index (κ2) is 5.33. The molecule has 2 heterocycles. The number of anilines is 1. The standard InChI is InChI=1S/C9H13N5S2/c1-10-9-13-12-8(16-9)4-14(2)3-7-5-15-6-11-7/h5-6H,3-4H2,1-2H3,(H,10,13).